The van der Waals surface area contributed by atoms with Crippen molar-refractivity contribution in [2.75, 3.05) is 18.8 Å². The van der Waals surface area contributed by atoms with Gasteiger partial charge in [0.1, 0.15) is 0 Å². The number of nitrogens with two attached hydrogens (primary N) is 1. The van der Waals surface area contributed by atoms with Crippen molar-refractivity contribution in [1.29, 1.82) is 0 Å². The second-order valence-electron chi connectivity index (χ2n) is 5.76. The van der Waals surface area contributed by atoms with Gasteiger partial charge in [0.25, 0.3) is 5.91 Å². The van der Waals surface area contributed by atoms with Crippen LogP contribution in [0, 0.1) is 6.92 Å². The molecule has 3 rings (SSSR count). The van der Waals surface area contributed by atoms with E-state index in [0.717, 1.165) is 36.7 Å². The van der Waals surface area contributed by atoms with Crippen LogP contribution in [-0.4, -0.2) is 36.0 Å². The lowest BCUT2D eigenvalue weighted by Gasteiger charge is -2.16. The molecule has 102 valence electrons. The van der Waals surface area contributed by atoms with Gasteiger partial charge in [-0.15, -0.1) is 0 Å². The molecule has 1 amide bonds. The number of likely N-dealkylation sites (tertiary alicyclic amines) is 1. The number of aryl methyl sites for hydroxylation is 1. The molecule has 2 fully saturated rings. The summed E-state index contributed by atoms with van der Waals surface area (Å²) in [4.78, 5) is 14.8. The first-order valence-electron chi connectivity index (χ1n) is 7.04. The predicted octanol–water partition coefficient (Wildman–Crippen LogP) is 1.54. The van der Waals surface area contributed by atoms with Crippen molar-refractivity contribution >= 4 is 11.6 Å². The maximum absolute atomic E-state index is 12.3. The minimum absolute atomic E-state index is 0.0279. The van der Waals surface area contributed by atoms with Crippen LogP contribution in [0.15, 0.2) is 18.2 Å². The fourth-order valence-corrected chi connectivity index (χ4v) is 2.88. The maximum atomic E-state index is 12.3. The molecule has 1 saturated heterocycles. The summed E-state index contributed by atoms with van der Waals surface area (Å²) >= 11 is 0. The van der Waals surface area contributed by atoms with Crippen LogP contribution >= 0.6 is 0 Å². The molecule has 0 spiro atoms. The van der Waals surface area contributed by atoms with Gasteiger partial charge in [0.05, 0.1) is 0 Å². The molecule has 0 aromatic heterocycles. The Bertz CT molecular complexity index is 496. The molecule has 1 atom stereocenters. The average molecular weight is 259 g/mol. The van der Waals surface area contributed by atoms with Crippen molar-refractivity contribution in [1.82, 2.24) is 10.2 Å². The van der Waals surface area contributed by atoms with Crippen LogP contribution in [0.2, 0.25) is 0 Å². The van der Waals surface area contributed by atoms with E-state index in [4.69, 9.17) is 5.73 Å². The van der Waals surface area contributed by atoms with E-state index in [-0.39, 0.29) is 5.91 Å². The SMILES string of the molecule is Cc1cc(N)ccc1C(=O)NC1CCN(C2CC2)C1. The van der Waals surface area contributed by atoms with Crippen LogP contribution < -0.4 is 11.1 Å². The summed E-state index contributed by atoms with van der Waals surface area (Å²) in [6.45, 7) is 4.05. The molecule has 1 aliphatic heterocycles. The highest BCUT2D eigenvalue weighted by Crippen LogP contribution is 2.29. The third kappa shape index (κ3) is 2.73. The first kappa shape index (κ1) is 12.5. The quantitative estimate of drug-likeness (QED) is 0.810. The van der Waals surface area contributed by atoms with Crippen molar-refractivity contribution in [2.45, 2.75) is 38.3 Å². The molecule has 0 bridgehead atoms. The highest BCUT2D eigenvalue weighted by atomic mass is 16.1. The highest BCUT2D eigenvalue weighted by Gasteiger charge is 2.34. The van der Waals surface area contributed by atoms with Crippen LogP contribution in [0.4, 0.5) is 5.69 Å². The Morgan fingerprint density at radius 1 is 1.37 bits per heavy atom. The van der Waals surface area contributed by atoms with Crippen LogP contribution in [0.1, 0.15) is 35.2 Å². The lowest BCUT2D eigenvalue weighted by molar-refractivity contribution is 0.0937. The number of carbonyl (C=O) groups excluding carboxylic acids is 1. The lowest BCUT2D eigenvalue weighted by Crippen LogP contribution is -2.37. The Labute approximate surface area is 114 Å². The topological polar surface area (TPSA) is 58.4 Å². The van der Waals surface area contributed by atoms with Gasteiger partial charge < -0.3 is 11.1 Å². The summed E-state index contributed by atoms with van der Waals surface area (Å²) in [5.74, 6) is 0.0279. The molecule has 3 N–H and O–H groups in total. The molecule has 1 heterocycles. The molecule has 1 aromatic rings. The van der Waals surface area contributed by atoms with Gasteiger partial charge in [0, 0.05) is 36.4 Å². The zero-order chi connectivity index (χ0) is 13.4. The van der Waals surface area contributed by atoms with Gasteiger partial charge in [-0.05, 0) is 49.9 Å². The van der Waals surface area contributed by atoms with Gasteiger partial charge in [0.2, 0.25) is 0 Å². The van der Waals surface area contributed by atoms with Gasteiger partial charge >= 0.3 is 0 Å². The highest BCUT2D eigenvalue weighted by molar-refractivity contribution is 5.96. The van der Waals surface area contributed by atoms with E-state index in [0.29, 0.717) is 11.7 Å². The van der Waals surface area contributed by atoms with E-state index < -0.39 is 0 Å². The number of hydrogen-bond acceptors (Lipinski definition) is 3. The molecule has 1 unspecified atom stereocenters. The number of anilines is 1. The second-order valence-corrected chi connectivity index (χ2v) is 5.76. The number of amides is 1. The van der Waals surface area contributed by atoms with Crippen molar-refractivity contribution < 1.29 is 4.79 Å². The zero-order valence-electron chi connectivity index (χ0n) is 11.4. The predicted molar refractivity (Wildman–Crippen MR) is 76.1 cm³/mol. The fraction of sp³-hybridized carbons (Fsp3) is 0.533. The summed E-state index contributed by atoms with van der Waals surface area (Å²) in [6.07, 6.45) is 3.73. The molecular formula is C15H21N3O. The average Bonchev–Trinajstić information content (AvgIpc) is 3.10. The third-order valence-corrected chi connectivity index (χ3v) is 4.11. The first-order valence-corrected chi connectivity index (χ1v) is 7.04. The normalized spacial score (nSPS) is 23.5. The van der Waals surface area contributed by atoms with Gasteiger partial charge in [-0.1, -0.05) is 0 Å². The molecule has 1 aromatic carbocycles. The summed E-state index contributed by atoms with van der Waals surface area (Å²) in [5.41, 5.74) is 8.09. The van der Waals surface area contributed by atoms with E-state index in [1.807, 2.05) is 19.1 Å². The second kappa shape index (κ2) is 4.85. The number of carbonyl (C=O) groups is 1. The smallest absolute Gasteiger partial charge is 0.251 e. The largest absolute Gasteiger partial charge is 0.399 e. The van der Waals surface area contributed by atoms with Gasteiger partial charge in [-0.2, -0.15) is 0 Å². The van der Waals surface area contributed by atoms with Crippen LogP contribution in [0.25, 0.3) is 0 Å². The standard InChI is InChI=1S/C15H21N3O/c1-10-8-11(16)2-5-14(10)15(19)17-12-6-7-18(9-12)13-3-4-13/h2,5,8,12-13H,3-4,6-7,9,16H2,1H3,(H,17,19). The fourth-order valence-electron chi connectivity index (χ4n) is 2.88. The van der Waals surface area contributed by atoms with Crippen molar-refractivity contribution in [3.63, 3.8) is 0 Å². The Kier molecular flexibility index (Phi) is 3.19. The first-order chi connectivity index (χ1) is 9.13. The summed E-state index contributed by atoms with van der Waals surface area (Å²) in [5, 5.41) is 3.15. The summed E-state index contributed by atoms with van der Waals surface area (Å²) < 4.78 is 0. The lowest BCUT2D eigenvalue weighted by atomic mass is 10.1. The molecule has 1 aliphatic carbocycles. The van der Waals surface area contributed by atoms with E-state index in [9.17, 15) is 4.79 Å². The summed E-state index contributed by atoms with van der Waals surface area (Å²) in [6, 6.07) is 6.53. The molecule has 0 radical (unpaired) electrons. The summed E-state index contributed by atoms with van der Waals surface area (Å²) in [7, 11) is 0. The molecule has 1 saturated carbocycles. The van der Waals surface area contributed by atoms with E-state index >= 15 is 0 Å². The molecule has 2 aliphatic rings. The van der Waals surface area contributed by atoms with Gasteiger partial charge in [-0.25, -0.2) is 0 Å². The van der Waals surface area contributed by atoms with Crippen LogP contribution in [0.5, 0.6) is 0 Å². The van der Waals surface area contributed by atoms with E-state index in [1.165, 1.54) is 12.8 Å². The van der Waals surface area contributed by atoms with Crippen molar-refractivity contribution in [2.24, 2.45) is 0 Å². The number of nitrogens with one attached hydrogen (secondary N) is 1. The van der Waals surface area contributed by atoms with Gasteiger partial charge in [0.15, 0.2) is 0 Å². The molecule has 19 heavy (non-hydrogen) atoms. The van der Waals surface area contributed by atoms with Gasteiger partial charge in [-0.3, -0.25) is 9.69 Å². The third-order valence-electron chi connectivity index (χ3n) is 4.11. The van der Waals surface area contributed by atoms with Crippen molar-refractivity contribution in [3.05, 3.63) is 29.3 Å². The number of benzene rings is 1. The monoisotopic (exact) mass is 259 g/mol. The maximum Gasteiger partial charge on any atom is 0.251 e. The number of hydrogen-bond donors (Lipinski definition) is 2. The van der Waals surface area contributed by atoms with Crippen LogP contribution in [-0.2, 0) is 0 Å². The zero-order valence-corrected chi connectivity index (χ0v) is 11.4. The van der Waals surface area contributed by atoms with Crippen molar-refractivity contribution in [3.8, 4) is 0 Å². The Hall–Kier alpha value is -1.55. The Morgan fingerprint density at radius 2 is 2.16 bits per heavy atom. The minimum Gasteiger partial charge on any atom is -0.399 e. The van der Waals surface area contributed by atoms with Crippen LogP contribution in [0.3, 0.4) is 0 Å². The molecular weight excluding hydrogens is 238 g/mol. The Morgan fingerprint density at radius 3 is 2.84 bits per heavy atom. The van der Waals surface area contributed by atoms with E-state index in [2.05, 4.69) is 10.2 Å². The minimum atomic E-state index is 0.0279. The molecule has 4 nitrogen and oxygen atoms in total. The van der Waals surface area contributed by atoms with E-state index in [1.54, 1.807) is 6.07 Å². The number of rotatable bonds is 3. The Balaban J connectivity index is 1.61. The number of nitrogen functional groups attached to an aromatic ring is 1. The molecule has 4 heteroatoms. The number of nitrogens with zero attached hydrogens (tertiary/aromatic N) is 1.